The van der Waals surface area contributed by atoms with E-state index >= 15 is 0 Å². The van der Waals surface area contributed by atoms with E-state index in [9.17, 15) is 8.42 Å². The number of nitrogens with one attached hydrogen (secondary N) is 3. The number of hydrogen-bond donors (Lipinski definition) is 3. The molecule has 3 fully saturated rings. The number of sulfonamides is 1. The van der Waals surface area contributed by atoms with Crippen LogP contribution in [0, 0.1) is 11.8 Å². The standard InChI is InChI=1S/C14H22N4O2S/c19-21(20,18-13(9-1-2-9)10-3-4-10)14-11(8-16-17-14)7-15-12-5-6-12/h8-10,12-13,15,18H,1-7H2,(H,16,17). The van der Waals surface area contributed by atoms with Crippen LogP contribution in [0.1, 0.15) is 44.1 Å². The Bertz CT molecular complexity index is 603. The number of aromatic amines is 1. The predicted octanol–water partition coefficient (Wildman–Crippen LogP) is 1.13. The van der Waals surface area contributed by atoms with Crippen molar-refractivity contribution < 1.29 is 8.42 Å². The molecule has 3 aliphatic rings. The minimum Gasteiger partial charge on any atom is -0.310 e. The molecule has 3 aliphatic carbocycles. The molecule has 116 valence electrons. The Morgan fingerprint density at radius 3 is 2.43 bits per heavy atom. The van der Waals surface area contributed by atoms with Crippen molar-refractivity contribution in [2.24, 2.45) is 11.8 Å². The molecule has 0 saturated heterocycles. The summed E-state index contributed by atoms with van der Waals surface area (Å²) in [5, 5.41) is 10.2. The second-order valence-corrected chi connectivity index (χ2v) is 8.35. The van der Waals surface area contributed by atoms with E-state index in [2.05, 4.69) is 20.2 Å². The molecule has 3 N–H and O–H groups in total. The largest absolute Gasteiger partial charge is 0.310 e. The Labute approximate surface area is 125 Å². The lowest BCUT2D eigenvalue weighted by Crippen LogP contribution is -2.38. The summed E-state index contributed by atoms with van der Waals surface area (Å²) in [4.78, 5) is 0. The van der Waals surface area contributed by atoms with Crippen molar-refractivity contribution in [3.05, 3.63) is 11.8 Å². The van der Waals surface area contributed by atoms with Gasteiger partial charge >= 0.3 is 0 Å². The van der Waals surface area contributed by atoms with Gasteiger partial charge in [0.15, 0.2) is 5.03 Å². The molecule has 0 bridgehead atoms. The summed E-state index contributed by atoms with van der Waals surface area (Å²) in [6.45, 7) is 0.564. The second kappa shape index (κ2) is 5.07. The maximum atomic E-state index is 12.6. The van der Waals surface area contributed by atoms with Crippen LogP contribution in [-0.2, 0) is 16.6 Å². The fourth-order valence-corrected chi connectivity index (χ4v) is 4.43. The quantitative estimate of drug-likeness (QED) is 0.672. The van der Waals surface area contributed by atoms with E-state index in [1.54, 1.807) is 6.20 Å². The van der Waals surface area contributed by atoms with Gasteiger partial charge in [-0.1, -0.05) is 0 Å². The normalized spacial score (nSPS) is 22.9. The highest BCUT2D eigenvalue weighted by Gasteiger charge is 2.44. The van der Waals surface area contributed by atoms with Crippen LogP contribution in [-0.4, -0.2) is 30.7 Å². The third-order valence-corrected chi connectivity index (χ3v) is 6.13. The first kappa shape index (κ1) is 13.7. The van der Waals surface area contributed by atoms with Crippen LogP contribution in [0.2, 0.25) is 0 Å². The molecule has 1 aromatic rings. The van der Waals surface area contributed by atoms with Crippen molar-refractivity contribution in [1.29, 1.82) is 0 Å². The van der Waals surface area contributed by atoms with Crippen LogP contribution in [0.5, 0.6) is 0 Å². The fraction of sp³-hybridized carbons (Fsp3) is 0.786. The van der Waals surface area contributed by atoms with Gasteiger partial charge in [-0.2, -0.15) is 5.10 Å². The highest BCUT2D eigenvalue weighted by molar-refractivity contribution is 7.89. The molecule has 0 aromatic carbocycles. The van der Waals surface area contributed by atoms with Crippen molar-refractivity contribution in [2.75, 3.05) is 0 Å². The van der Waals surface area contributed by atoms with Crippen molar-refractivity contribution >= 4 is 10.0 Å². The predicted molar refractivity (Wildman–Crippen MR) is 78.0 cm³/mol. The molecule has 21 heavy (non-hydrogen) atoms. The Morgan fingerprint density at radius 2 is 1.86 bits per heavy atom. The Hall–Kier alpha value is -0.920. The van der Waals surface area contributed by atoms with Gasteiger partial charge in [-0.15, -0.1) is 0 Å². The molecular weight excluding hydrogens is 288 g/mol. The van der Waals surface area contributed by atoms with E-state index in [-0.39, 0.29) is 11.1 Å². The van der Waals surface area contributed by atoms with Gasteiger partial charge in [0.1, 0.15) is 0 Å². The van der Waals surface area contributed by atoms with Gasteiger partial charge in [0.05, 0.1) is 6.20 Å². The zero-order chi connectivity index (χ0) is 14.4. The third-order valence-electron chi connectivity index (χ3n) is 4.66. The van der Waals surface area contributed by atoms with Gasteiger partial charge in [-0.3, -0.25) is 5.10 Å². The summed E-state index contributed by atoms with van der Waals surface area (Å²) in [5.74, 6) is 1.09. The number of hydrogen-bond acceptors (Lipinski definition) is 4. The van der Waals surface area contributed by atoms with Crippen LogP contribution >= 0.6 is 0 Å². The van der Waals surface area contributed by atoms with Gasteiger partial charge in [0, 0.05) is 24.2 Å². The number of rotatable bonds is 8. The Morgan fingerprint density at radius 1 is 1.19 bits per heavy atom. The maximum Gasteiger partial charge on any atom is 0.258 e. The van der Waals surface area contributed by atoms with Crippen molar-refractivity contribution in [2.45, 2.75) is 62.2 Å². The summed E-state index contributed by atoms with van der Waals surface area (Å²) >= 11 is 0. The molecule has 0 aliphatic heterocycles. The summed E-state index contributed by atoms with van der Waals surface area (Å²) in [6.07, 6.45) is 8.61. The molecule has 6 nitrogen and oxygen atoms in total. The first-order valence-corrected chi connectivity index (χ1v) is 9.40. The van der Waals surface area contributed by atoms with Gasteiger partial charge in [0.25, 0.3) is 10.0 Å². The molecule has 0 spiro atoms. The molecule has 0 amide bonds. The molecule has 7 heteroatoms. The summed E-state index contributed by atoms with van der Waals surface area (Å²) in [7, 11) is -3.49. The highest BCUT2D eigenvalue weighted by Crippen LogP contribution is 2.45. The van der Waals surface area contributed by atoms with Crippen molar-refractivity contribution in [3.8, 4) is 0 Å². The van der Waals surface area contributed by atoms with Gasteiger partial charge < -0.3 is 5.32 Å². The maximum absolute atomic E-state index is 12.6. The van der Waals surface area contributed by atoms with Crippen LogP contribution in [0.15, 0.2) is 11.2 Å². The lowest BCUT2D eigenvalue weighted by molar-refractivity contribution is 0.469. The lowest BCUT2D eigenvalue weighted by Gasteiger charge is -2.17. The van der Waals surface area contributed by atoms with Crippen LogP contribution < -0.4 is 10.0 Å². The monoisotopic (exact) mass is 310 g/mol. The summed E-state index contributed by atoms with van der Waals surface area (Å²) in [6, 6.07) is 0.677. The van der Waals surface area contributed by atoms with Crippen LogP contribution in [0.3, 0.4) is 0 Å². The van der Waals surface area contributed by atoms with Crippen molar-refractivity contribution in [1.82, 2.24) is 20.2 Å². The Kier molecular flexibility index (Phi) is 3.31. The van der Waals surface area contributed by atoms with Crippen molar-refractivity contribution in [3.63, 3.8) is 0 Å². The average Bonchev–Trinajstić information content (AvgIpc) is 3.31. The van der Waals surface area contributed by atoms with Gasteiger partial charge in [0.2, 0.25) is 0 Å². The molecule has 3 saturated carbocycles. The van der Waals surface area contributed by atoms with E-state index in [0.29, 0.717) is 24.4 Å². The lowest BCUT2D eigenvalue weighted by atomic mass is 10.1. The molecule has 0 unspecified atom stereocenters. The van der Waals surface area contributed by atoms with E-state index in [1.807, 2.05) is 0 Å². The second-order valence-electron chi connectivity index (χ2n) is 6.70. The number of aromatic nitrogens is 2. The first-order valence-electron chi connectivity index (χ1n) is 7.91. The molecule has 4 rings (SSSR count). The minimum atomic E-state index is -3.49. The fourth-order valence-electron chi connectivity index (χ4n) is 2.93. The topological polar surface area (TPSA) is 86.9 Å². The SMILES string of the molecule is O=S(=O)(NC(C1CC1)C1CC1)c1[nH]ncc1CNC1CC1. The van der Waals surface area contributed by atoms with Crippen LogP contribution in [0.25, 0.3) is 0 Å². The first-order chi connectivity index (χ1) is 10.1. The summed E-state index contributed by atoms with van der Waals surface area (Å²) in [5.41, 5.74) is 0.736. The van der Waals surface area contributed by atoms with Gasteiger partial charge in [-0.25, -0.2) is 13.1 Å². The zero-order valence-electron chi connectivity index (χ0n) is 12.0. The molecular formula is C14H22N4O2S. The third kappa shape index (κ3) is 3.14. The van der Waals surface area contributed by atoms with Crippen LogP contribution in [0.4, 0.5) is 0 Å². The molecule has 0 atom stereocenters. The van der Waals surface area contributed by atoms with E-state index in [1.165, 1.54) is 12.8 Å². The highest BCUT2D eigenvalue weighted by atomic mass is 32.2. The Balaban J connectivity index is 1.48. The van der Waals surface area contributed by atoms with E-state index < -0.39 is 10.0 Å². The number of nitrogens with zero attached hydrogens (tertiary/aromatic N) is 1. The minimum absolute atomic E-state index is 0.127. The molecule has 1 aromatic heterocycles. The van der Waals surface area contributed by atoms with Gasteiger partial charge in [-0.05, 0) is 50.4 Å². The molecule has 0 radical (unpaired) electrons. The summed E-state index contributed by atoms with van der Waals surface area (Å²) < 4.78 is 28.2. The molecule has 1 heterocycles. The average molecular weight is 310 g/mol. The zero-order valence-corrected chi connectivity index (χ0v) is 12.8. The smallest absolute Gasteiger partial charge is 0.258 e. The van der Waals surface area contributed by atoms with E-state index in [0.717, 1.165) is 31.2 Å². The number of H-pyrrole nitrogens is 1. The van der Waals surface area contributed by atoms with E-state index in [4.69, 9.17) is 0 Å².